The predicted molar refractivity (Wildman–Crippen MR) is 109 cm³/mol. The molecule has 0 amide bonds. The topological polar surface area (TPSA) is 84.3 Å². The molecule has 0 atom stereocenters. The lowest BCUT2D eigenvalue weighted by Gasteiger charge is -2.18. The largest absolute Gasteiger partial charge is 0.496 e. The van der Waals surface area contributed by atoms with Gasteiger partial charge in [0.25, 0.3) is 0 Å². The number of anilines is 2. The van der Waals surface area contributed by atoms with Gasteiger partial charge in [-0.15, -0.1) is 0 Å². The molecule has 3 aromatic rings. The molecule has 3 rings (SSSR count). The number of carboxylic acid groups (broad SMARTS) is 1. The number of hydrogen-bond donors (Lipinski definition) is 2. The van der Waals surface area contributed by atoms with Crippen LogP contribution in [0.4, 0.5) is 20.3 Å². The first-order valence-corrected chi connectivity index (χ1v) is 9.23. The van der Waals surface area contributed by atoms with Crippen LogP contribution in [0.1, 0.15) is 41.4 Å². The van der Waals surface area contributed by atoms with Crippen LogP contribution in [0.3, 0.4) is 0 Å². The summed E-state index contributed by atoms with van der Waals surface area (Å²) in [4.78, 5) is 20.3. The fourth-order valence-corrected chi connectivity index (χ4v) is 3.12. The molecule has 0 aliphatic heterocycles. The number of nitrogens with one attached hydrogen (secondary N) is 1. The van der Waals surface area contributed by atoms with E-state index in [0.717, 1.165) is 17.7 Å². The second-order valence-electron chi connectivity index (χ2n) is 7.01. The van der Waals surface area contributed by atoms with Gasteiger partial charge in [0.1, 0.15) is 28.6 Å². The van der Waals surface area contributed by atoms with Crippen LogP contribution in [0, 0.1) is 18.6 Å². The third kappa shape index (κ3) is 3.94. The Bertz CT molecular complexity index is 1120. The number of benzene rings is 1. The maximum atomic E-state index is 14.8. The minimum Gasteiger partial charge on any atom is -0.496 e. The second kappa shape index (κ2) is 8.44. The van der Waals surface area contributed by atoms with Crippen LogP contribution in [-0.2, 0) is 0 Å². The van der Waals surface area contributed by atoms with Crippen molar-refractivity contribution in [2.75, 3.05) is 12.4 Å². The zero-order valence-corrected chi connectivity index (χ0v) is 17.0. The summed E-state index contributed by atoms with van der Waals surface area (Å²) < 4.78 is 34.5. The molecule has 8 heteroatoms. The van der Waals surface area contributed by atoms with Crippen molar-refractivity contribution in [1.82, 2.24) is 9.97 Å². The molecule has 6 nitrogen and oxygen atoms in total. The Morgan fingerprint density at radius 1 is 1.20 bits per heavy atom. The predicted octanol–water partition coefficient (Wildman–Crippen LogP) is 5.30. The Kier molecular flexibility index (Phi) is 5.96. The van der Waals surface area contributed by atoms with Crippen LogP contribution in [0.15, 0.2) is 36.5 Å². The number of hydrogen-bond acceptors (Lipinski definition) is 5. The Morgan fingerprint density at radius 2 is 1.93 bits per heavy atom. The average molecular weight is 413 g/mol. The lowest BCUT2D eigenvalue weighted by atomic mass is 10.0. The van der Waals surface area contributed by atoms with Crippen LogP contribution >= 0.6 is 0 Å². The van der Waals surface area contributed by atoms with E-state index in [1.807, 2.05) is 20.8 Å². The van der Waals surface area contributed by atoms with E-state index in [1.165, 1.54) is 19.2 Å². The summed E-state index contributed by atoms with van der Waals surface area (Å²) in [5.74, 6) is -3.10. The summed E-state index contributed by atoms with van der Waals surface area (Å²) in [6.45, 7) is 5.72. The monoisotopic (exact) mass is 413 g/mol. The van der Waals surface area contributed by atoms with Gasteiger partial charge in [-0.25, -0.2) is 18.6 Å². The number of carbonyl (C=O) groups is 1. The van der Waals surface area contributed by atoms with Gasteiger partial charge < -0.3 is 15.2 Å². The number of nitrogens with zero attached hydrogens (tertiary/aromatic N) is 2. The first-order valence-electron chi connectivity index (χ1n) is 9.23. The molecule has 2 heterocycles. The Labute approximate surface area is 172 Å². The van der Waals surface area contributed by atoms with Gasteiger partial charge in [0, 0.05) is 6.20 Å². The SMILES string of the molecule is COc1cccc(F)c1-c1nc(Nc2c(C)ccnc2C(C)C)c(C(=O)O)cc1F. The van der Waals surface area contributed by atoms with E-state index < -0.39 is 17.6 Å². The van der Waals surface area contributed by atoms with Crippen LogP contribution in [0.25, 0.3) is 11.3 Å². The third-order valence-corrected chi connectivity index (χ3v) is 4.62. The van der Waals surface area contributed by atoms with E-state index in [4.69, 9.17) is 4.74 Å². The van der Waals surface area contributed by atoms with Gasteiger partial charge in [-0.1, -0.05) is 19.9 Å². The molecule has 1 aromatic carbocycles. The zero-order valence-electron chi connectivity index (χ0n) is 17.0. The van der Waals surface area contributed by atoms with E-state index >= 15 is 0 Å². The number of aromatic nitrogens is 2. The molecule has 0 radical (unpaired) electrons. The van der Waals surface area contributed by atoms with Gasteiger partial charge in [-0.2, -0.15) is 0 Å². The molecule has 0 unspecified atom stereocenters. The van der Waals surface area contributed by atoms with Gasteiger partial charge in [0.2, 0.25) is 0 Å². The highest BCUT2D eigenvalue weighted by Gasteiger charge is 2.24. The van der Waals surface area contributed by atoms with Crippen LogP contribution in [-0.4, -0.2) is 28.2 Å². The molecular formula is C22H21F2N3O3. The smallest absolute Gasteiger partial charge is 0.339 e. The van der Waals surface area contributed by atoms with E-state index in [2.05, 4.69) is 15.3 Å². The highest BCUT2D eigenvalue weighted by atomic mass is 19.1. The second-order valence-corrected chi connectivity index (χ2v) is 7.01. The summed E-state index contributed by atoms with van der Waals surface area (Å²) in [6, 6.07) is 6.63. The van der Waals surface area contributed by atoms with Crippen LogP contribution in [0.5, 0.6) is 5.75 Å². The molecule has 2 aromatic heterocycles. The van der Waals surface area contributed by atoms with Crippen molar-refractivity contribution in [1.29, 1.82) is 0 Å². The zero-order chi connectivity index (χ0) is 22.0. The Balaban J connectivity index is 2.24. The average Bonchev–Trinajstić information content (AvgIpc) is 2.70. The number of aromatic carboxylic acids is 1. The number of ether oxygens (including phenoxy) is 1. The highest BCUT2D eigenvalue weighted by Crippen LogP contribution is 2.36. The molecule has 0 bridgehead atoms. The lowest BCUT2D eigenvalue weighted by Crippen LogP contribution is -2.11. The fraction of sp³-hybridized carbons (Fsp3) is 0.227. The van der Waals surface area contributed by atoms with Crippen molar-refractivity contribution < 1.29 is 23.4 Å². The minimum atomic E-state index is -1.37. The van der Waals surface area contributed by atoms with Crippen LogP contribution in [0.2, 0.25) is 0 Å². The fourth-order valence-electron chi connectivity index (χ4n) is 3.12. The summed E-state index contributed by atoms with van der Waals surface area (Å²) in [5.41, 5.74) is 1.14. The third-order valence-electron chi connectivity index (χ3n) is 4.62. The van der Waals surface area contributed by atoms with Crippen molar-refractivity contribution in [2.24, 2.45) is 0 Å². The first kappa shape index (κ1) is 21.2. The molecule has 156 valence electrons. The van der Waals surface area contributed by atoms with Gasteiger partial charge in [0.05, 0.1) is 24.1 Å². The van der Waals surface area contributed by atoms with Gasteiger partial charge in [0.15, 0.2) is 5.82 Å². The van der Waals surface area contributed by atoms with Crippen LogP contribution < -0.4 is 10.1 Å². The first-order chi connectivity index (χ1) is 14.2. The maximum absolute atomic E-state index is 14.8. The number of rotatable bonds is 6. The molecule has 0 saturated carbocycles. The maximum Gasteiger partial charge on any atom is 0.339 e. The Hall–Kier alpha value is -3.55. The number of pyridine rings is 2. The minimum absolute atomic E-state index is 0.0345. The van der Waals surface area contributed by atoms with Crippen molar-refractivity contribution in [3.8, 4) is 17.0 Å². The summed E-state index contributed by atoms with van der Waals surface area (Å²) in [6.07, 6.45) is 1.65. The van der Waals surface area contributed by atoms with E-state index in [1.54, 1.807) is 12.3 Å². The quantitative estimate of drug-likeness (QED) is 0.570. The number of aryl methyl sites for hydroxylation is 1. The standard InChI is InChI=1S/C22H21F2N3O3/c1-11(2)18-19(12(3)8-9-25-18)26-21-13(22(28)29)10-15(24)20(27-21)17-14(23)6-5-7-16(17)30-4/h5-11H,1-4H3,(H,26,27)(H,28,29). The molecule has 30 heavy (non-hydrogen) atoms. The van der Waals surface area contributed by atoms with E-state index in [9.17, 15) is 18.7 Å². The van der Waals surface area contributed by atoms with Gasteiger partial charge in [-0.3, -0.25) is 4.98 Å². The molecular weight excluding hydrogens is 392 g/mol. The van der Waals surface area contributed by atoms with Gasteiger partial charge in [-0.05, 0) is 42.7 Å². The van der Waals surface area contributed by atoms with Gasteiger partial charge >= 0.3 is 5.97 Å². The van der Waals surface area contributed by atoms with Crippen molar-refractivity contribution >= 4 is 17.5 Å². The Morgan fingerprint density at radius 3 is 2.57 bits per heavy atom. The molecule has 0 aliphatic carbocycles. The summed E-state index contributed by atoms with van der Waals surface area (Å²) in [7, 11) is 1.33. The molecule has 0 saturated heterocycles. The van der Waals surface area contributed by atoms with E-state index in [-0.39, 0.29) is 34.3 Å². The highest BCUT2D eigenvalue weighted by molar-refractivity contribution is 5.95. The number of methoxy groups -OCH3 is 1. The van der Waals surface area contributed by atoms with Crippen molar-refractivity contribution in [2.45, 2.75) is 26.7 Å². The number of carboxylic acids is 1. The summed E-state index contributed by atoms with van der Waals surface area (Å²) >= 11 is 0. The normalized spacial score (nSPS) is 10.9. The van der Waals surface area contributed by atoms with Crippen molar-refractivity contribution in [3.63, 3.8) is 0 Å². The molecule has 2 N–H and O–H groups in total. The molecule has 0 spiro atoms. The molecule has 0 fully saturated rings. The summed E-state index contributed by atoms with van der Waals surface area (Å²) in [5, 5.41) is 12.6. The lowest BCUT2D eigenvalue weighted by molar-refractivity contribution is 0.0697. The van der Waals surface area contributed by atoms with Crippen molar-refractivity contribution in [3.05, 3.63) is 65.0 Å². The number of halogens is 2. The molecule has 0 aliphatic rings. The van der Waals surface area contributed by atoms with E-state index in [0.29, 0.717) is 11.4 Å².